The van der Waals surface area contributed by atoms with Crippen molar-refractivity contribution in [1.29, 1.82) is 0 Å². The fourth-order valence-electron chi connectivity index (χ4n) is 5.04. The monoisotopic (exact) mass is 480 g/mol. The molecule has 0 unspecified atom stereocenters. The fraction of sp³-hybridized carbons (Fsp3) is 0.862. The van der Waals surface area contributed by atoms with Crippen molar-refractivity contribution in [2.45, 2.75) is 148 Å². The van der Waals surface area contributed by atoms with Crippen molar-refractivity contribution in [2.75, 3.05) is 0 Å². The summed E-state index contributed by atoms with van der Waals surface area (Å²) >= 11 is 0. The van der Waals surface area contributed by atoms with Gasteiger partial charge in [-0.05, 0) is 70.6 Å². The lowest BCUT2D eigenvalue weighted by atomic mass is 9.86. The number of Topliss-reactive ketones (excluding diaryl/α,β-unsaturated/α-hetero) is 1. The molecule has 0 heterocycles. The Hall–Kier alpha value is -1.20. The van der Waals surface area contributed by atoms with Gasteiger partial charge in [0.25, 0.3) is 0 Å². The second-order valence-electron chi connectivity index (χ2n) is 10.5. The van der Waals surface area contributed by atoms with Crippen LogP contribution in [0.15, 0.2) is 12.2 Å². The van der Waals surface area contributed by atoms with Gasteiger partial charge in [0.2, 0.25) is 0 Å². The summed E-state index contributed by atoms with van der Waals surface area (Å²) in [6.07, 6.45) is 19.1. The number of hydrogen-bond donors (Lipinski definition) is 2. The third kappa shape index (κ3) is 14.3. The third-order valence-corrected chi connectivity index (χ3v) is 7.03. The number of allylic oxidation sites excluding steroid dienone is 2. The molecule has 1 aliphatic rings. The number of carbonyl (C=O) groups excluding carboxylic acids is 2. The van der Waals surface area contributed by atoms with Crippen molar-refractivity contribution in [3.8, 4) is 0 Å². The first-order valence-electron chi connectivity index (χ1n) is 14.1. The molecule has 0 amide bonds. The first-order chi connectivity index (χ1) is 16.3. The number of hydrogen-bond acceptors (Lipinski definition) is 5. The van der Waals surface area contributed by atoms with Crippen LogP contribution in [-0.4, -0.2) is 40.3 Å². The van der Waals surface area contributed by atoms with E-state index in [1.807, 2.05) is 13.8 Å². The van der Waals surface area contributed by atoms with Crippen LogP contribution in [0.4, 0.5) is 0 Å². The zero-order valence-electron chi connectivity index (χ0n) is 22.2. The van der Waals surface area contributed by atoms with Gasteiger partial charge < -0.3 is 14.9 Å². The number of aliphatic hydroxyl groups excluding tert-OH is 2. The highest BCUT2D eigenvalue weighted by atomic mass is 16.5. The van der Waals surface area contributed by atoms with Gasteiger partial charge in [-0.15, -0.1) is 0 Å². The Morgan fingerprint density at radius 1 is 0.824 bits per heavy atom. The molecular formula is C29H52O5. The molecular weight excluding hydrogens is 428 g/mol. The molecule has 1 fully saturated rings. The highest BCUT2D eigenvalue weighted by Crippen LogP contribution is 2.38. The molecule has 0 saturated heterocycles. The molecule has 198 valence electrons. The topological polar surface area (TPSA) is 83.8 Å². The SMILES string of the molecule is CCCCCCCC(=O)CC[C@@H]1[C@@H](C/C=C\CCCCCCCC(=O)OC(C)C)[C@@H](O)C[C@H]1O. The molecule has 5 heteroatoms. The fourth-order valence-corrected chi connectivity index (χ4v) is 5.04. The van der Waals surface area contributed by atoms with Crippen LogP contribution in [0.2, 0.25) is 0 Å². The second kappa shape index (κ2) is 19.0. The molecule has 0 bridgehead atoms. The Kier molecular flexibility index (Phi) is 17.3. The van der Waals surface area contributed by atoms with E-state index >= 15 is 0 Å². The van der Waals surface area contributed by atoms with Crippen LogP contribution in [0.1, 0.15) is 130 Å². The molecule has 0 spiro atoms. The number of ketones is 1. The third-order valence-electron chi connectivity index (χ3n) is 7.03. The maximum atomic E-state index is 12.2. The number of ether oxygens (including phenoxy) is 1. The number of esters is 1. The summed E-state index contributed by atoms with van der Waals surface area (Å²) in [5.41, 5.74) is 0. The van der Waals surface area contributed by atoms with Gasteiger partial charge in [0, 0.05) is 19.3 Å². The number of rotatable bonds is 20. The van der Waals surface area contributed by atoms with Crippen LogP contribution >= 0.6 is 0 Å². The van der Waals surface area contributed by atoms with Crippen molar-refractivity contribution in [3.05, 3.63) is 12.2 Å². The van der Waals surface area contributed by atoms with Gasteiger partial charge >= 0.3 is 5.97 Å². The van der Waals surface area contributed by atoms with Gasteiger partial charge in [-0.2, -0.15) is 0 Å². The molecule has 0 aromatic carbocycles. The van der Waals surface area contributed by atoms with E-state index in [9.17, 15) is 19.8 Å². The van der Waals surface area contributed by atoms with Crippen LogP contribution in [0.3, 0.4) is 0 Å². The summed E-state index contributed by atoms with van der Waals surface area (Å²) in [5.74, 6) is 0.277. The van der Waals surface area contributed by atoms with Crippen molar-refractivity contribution in [1.82, 2.24) is 0 Å². The van der Waals surface area contributed by atoms with E-state index < -0.39 is 12.2 Å². The molecule has 0 radical (unpaired) electrons. The van der Waals surface area contributed by atoms with Gasteiger partial charge in [-0.3, -0.25) is 9.59 Å². The molecule has 0 aromatic heterocycles. The van der Waals surface area contributed by atoms with E-state index in [-0.39, 0.29) is 23.9 Å². The number of aliphatic hydroxyl groups is 2. The zero-order chi connectivity index (χ0) is 25.2. The largest absolute Gasteiger partial charge is 0.463 e. The van der Waals surface area contributed by atoms with Gasteiger partial charge in [0.05, 0.1) is 18.3 Å². The van der Waals surface area contributed by atoms with Crippen LogP contribution < -0.4 is 0 Å². The second-order valence-corrected chi connectivity index (χ2v) is 10.5. The predicted octanol–water partition coefficient (Wildman–Crippen LogP) is 6.68. The lowest BCUT2D eigenvalue weighted by Crippen LogP contribution is -2.22. The van der Waals surface area contributed by atoms with E-state index in [1.165, 1.54) is 19.3 Å². The molecule has 1 rings (SSSR count). The summed E-state index contributed by atoms with van der Waals surface area (Å²) < 4.78 is 5.14. The normalized spacial score (nSPS) is 22.6. The molecule has 0 aliphatic heterocycles. The predicted molar refractivity (Wildman–Crippen MR) is 139 cm³/mol. The lowest BCUT2D eigenvalue weighted by molar-refractivity contribution is -0.147. The average molecular weight is 481 g/mol. The Labute approximate surface area is 208 Å². The van der Waals surface area contributed by atoms with Crippen molar-refractivity contribution >= 4 is 11.8 Å². The minimum absolute atomic E-state index is 0.0195. The number of carbonyl (C=O) groups is 2. The molecule has 2 N–H and O–H groups in total. The summed E-state index contributed by atoms with van der Waals surface area (Å²) in [5, 5.41) is 20.8. The molecule has 0 aromatic rings. The van der Waals surface area contributed by atoms with Gasteiger partial charge in [0.1, 0.15) is 5.78 Å². The summed E-state index contributed by atoms with van der Waals surface area (Å²) in [6.45, 7) is 5.94. The van der Waals surface area contributed by atoms with Gasteiger partial charge in [-0.1, -0.05) is 64.0 Å². The molecule has 1 aliphatic carbocycles. The van der Waals surface area contributed by atoms with Crippen molar-refractivity contribution in [2.24, 2.45) is 11.8 Å². The standard InChI is InChI=1S/C29H52O5/c1-4-5-6-11-14-17-24(30)20-21-26-25(27(31)22-28(26)32)18-15-12-9-7-8-10-13-16-19-29(33)34-23(2)3/h12,15,23,25-28,31-32H,4-11,13-14,16-22H2,1-3H3/b15-12-/t25-,26-,27+,28-/m1/s1. The average Bonchev–Trinajstić information content (AvgIpc) is 3.05. The van der Waals surface area contributed by atoms with Crippen molar-refractivity contribution in [3.63, 3.8) is 0 Å². The van der Waals surface area contributed by atoms with E-state index in [4.69, 9.17) is 4.74 Å². The Morgan fingerprint density at radius 2 is 1.44 bits per heavy atom. The van der Waals surface area contributed by atoms with Crippen LogP contribution in [0.5, 0.6) is 0 Å². The number of unbranched alkanes of at least 4 members (excludes halogenated alkanes) is 9. The van der Waals surface area contributed by atoms with E-state index in [0.717, 1.165) is 57.8 Å². The first kappa shape index (κ1) is 30.8. The molecule has 5 nitrogen and oxygen atoms in total. The summed E-state index contributed by atoms with van der Waals surface area (Å²) in [6, 6.07) is 0. The summed E-state index contributed by atoms with van der Waals surface area (Å²) in [7, 11) is 0. The Bertz CT molecular complexity index is 571. The van der Waals surface area contributed by atoms with Crippen LogP contribution in [0, 0.1) is 11.8 Å². The van der Waals surface area contributed by atoms with Gasteiger partial charge in [0.15, 0.2) is 0 Å². The maximum Gasteiger partial charge on any atom is 0.306 e. The summed E-state index contributed by atoms with van der Waals surface area (Å²) in [4.78, 5) is 23.8. The smallest absolute Gasteiger partial charge is 0.306 e. The first-order valence-corrected chi connectivity index (χ1v) is 14.1. The lowest BCUT2D eigenvalue weighted by Gasteiger charge is -2.22. The van der Waals surface area contributed by atoms with E-state index in [1.54, 1.807) is 0 Å². The molecule has 4 atom stereocenters. The minimum atomic E-state index is -0.497. The molecule has 34 heavy (non-hydrogen) atoms. The van der Waals surface area contributed by atoms with Gasteiger partial charge in [-0.25, -0.2) is 0 Å². The Balaban J connectivity index is 2.17. The Morgan fingerprint density at radius 3 is 2.15 bits per heavy atom. The molecule has 1 saturated carbocycles. The van der Waals surface area contributed by atoms with Crippen LogP contribution in [-0.2, 0) is 14.3 Å². The highest BCUT2D eigenvalue weighted by molar-refractivity contribution is 5.78. The maximum absolute atomic E-state index is 12.2. The minimum Gasteiger partial charge on any atom is -0.463 e. The van der Waals surface area contributed by atoms with E-state index in [0.29, 0.717) is 37.9 Å². The zero-order valence-corrected chi connectivity index (χ0v) is 22.2. The van der Waals surface area contributed by atoms with E-state index in [2.05, 4.69) is 19.1 Å². The quantitative estimate of drug-likeness (QED) is 0.115. The van der Waals surface area contributed by atoms with Crippen LogP contribution in [0.25, 0.3) is 0 Å². The van der Waals surface area contributed by atoms with Crippen molar-refractivity contribution < 1.29 is 24.5 Å². The highest BCUT2D eigenvalue weighted by Gasteiger charge is 2.40.